The van der Waals surface area contributed by atoms with E-state index in [1.54, 1.807) is 6.92 Å². The van der Waals surface area contributed by atoms with Crippen molar-refractivity contribution in [2.75, 3.05) is 18.5 Å². The van der Waals surface area contributed by atoms with Crippen LogP contribution >= 0.6 is 15.9 Å². The number of carbonyl (C=O) groups excluding carboxylic acids is 4. The first-order chi connectivity index (χ1) is 42.3. The monoisotopic (exact) mass is 1410 g/mol. The molecule has 0 N–H and O–H groups in total. The lowest BCUT2D eigenvalue weighted by Gasteiger charge is -2.49. The minimum atomic E-state index is -1.83. The van der Waals surface area contributed by atoms with Gasteiger partial charge in [0.05, 0.1) is 31.5 Å². The third kappa shape index (κ3) is 19.9. The second kappa shape index (κ2) is 30.8. The summed E-state index contributed by atoms with van der Waals surface area (Å²) < 4.78 is 32.0. The molecular formula is C79H136BrNO9Si3. The van der Waals surface area contributed by atoms with E-state index < -0.39 is 30.7 Å². The summed E-state index contributed by atoms with van der Waals surface area (Å²) in [5, 5.41) is 1.80. The number of fused-ring (bicyclic) bond motifs is 5. The maximum Gasteiger partial charge on any atom is 0.192 e. The Hall–Kier alpha value is -2.02. The van der Waals surface area contributed by atoms with Crippen LogP contribution in [-0.2, 0) is 52.8 Å². The molecule has 0 amide bonds. The highest BCUT2D eigenvalue weighted by Gasteiger charge is 2.57. The zero-order valence-corrected chi connectivity index (χ0v) is 69.3. The molecule has 2 heterocycles. The van der Waals surface area contributed by atoms with Crippen molar-refractivity contribution in [2.24, 2.45) is 28.1 Å². The Bertz CT molecular complexity index is 2850. The molecule has 1 saturated heterocycles. The van der Waals surface area contributed by atoms with Gasteiger partial charge in [0.1, 0.15) is 5.78 Å². The first-order valence-electron chi connectivity index (χ1n) is 36.4. The standard InChI is InChI=1S/C22H38O4Si.C20H34O3Si.C20H34O2Si.C14H23N.C3H7Br/c1-20(2,3)27(6,7)26-19-9-8-17-16(18(23)11-12-21(17,19)4)10-13-22(5)24-14-15-25-22;1-14(21)8-9-15-16-10-11-18(20(16,5)13-12-17(15)22)23-24(6,7)19(2,3)4;1-19(2,3)23(5,6)22-18-10-9-17-16-8-7-15(21)13-14(16)11-12-20(17,18)4;1-10-8-11(13(2,3)4)15-12(9-10)14(5,6)7;1-2-3-4/h19H,8-15H2,1-7H3;18H,8-13H2,1-7H3;13,16-18H,7-12H2,1-6H3;8-9H,1-7H3;2-3H2,1H3/t19-,21-;18-,20-;16-,17+,18+,20+;;/m001../s1. The van der Waals surface area contributed by atoms with Gasteiger partial charge < -0.3 is 27.5 Å². The van der Waals surface area contributed by atoms with Crippen LogP contribution in [0.1, 0.15) is 284 Å². The zero-order chi connectivity index (χ0) is 70.7. The fourth-order valence-electron chi connectivity index (χ4n) is 14.9. The lowest BCUT2D eigenvalue weighted by molar-refractivity contribution is -0.146. The summed E-state index contributed by atoms with van der Waals surface area (Å²) >= 11 is 3.25. The van der Waals surface area contributed by atoms with Gasteiger partial charge in [0, 0.05) is 70.5 Å². The molecule has 1 aromatic rings. The van der Waals surface area contributed by atoms with Gasteiger partial charge in [-0.05, 0) is 217 Å². The third-order valence-electron chi connectivity index (χ3n) is 24.4. The van der Waals surface area contributed by atoms with E-state index in [0.717, 1.165) is 93.0 Å². The van der Waals surface area contributed by atoms with Gasteiger partial charge >= 0.3 is 0 Å². The average molecular weight is 1410 g/mol. The molecule has 8 aliphatic rings. The van der Waals surface area contributed by atoms with Crippen LogP contribution in [-0.4, -0.2) is 95.7 Å². The molecule has 1 aliphatic heterocycles. The van der Waals surface area contributed by atoms with Crippen molar-refractivity contribution in [1.82, 2.24) is 4.98 Å². The first kappa shape index (κ1) is 81.7. The molecule has 7 aliphatic carbocycles. The third-order valence-corrected chi connectivity index (χ3v) is 38.7. The summed E-state index contributed by atoms with van der Waals surface area (Å²) in [7, 11) is -5.38. The maximum absolute atomic E-state index is 12.8. The summed E-state index contributed by atoms with van der Waals surface area (Å²) in [6, 6.07) is 4.38. The van der Waals surface area contributed by atoms with Gasteiger partial charge in [-0.15, -0.1) is 0 Å². The van der Waals surface area contributed by atoms with Gasteiger partial charge in [-0.1, -0.05) is 164 Å². The summed E-state index contributed by atoms with van der Waals surface area (Å²) in [6.07, 6.45) is 20.4. The number of hydrogen-bond donors (Lipinski definition) is 0. The van der Waals surface area contributed by atoms with Crippen LogP contribution in [0.3, 0.4) is 0 Å². The van der Waals surface area contributed by atoms with Crippen molar-refractivity contribution in [2.45, 2.75) is 364 Å². The predicted octanol–water partition coefficient (Wildman–Crippen LogP) is 21.9. The van der Waals surface area contributed by atoms with Crippen LogP contribution in [0.2, 0.25) is 54.4 Å². The first-order valence-corrected chi connectivity index (χ1v) is 46.3. The molecule has 5 fully saturated rings. The van der Waals surface area contributed by atoms with Gasteiger partial charge in [0.25, 0.3) is 0 Å². The van der Waals surface area contributed by atoms with E-state index in [1.165, 1.54) is 59.4 Å². The van der Waals surface area contributed by atoms with Crippen LogP contribution in [0.4, 0.5) is 0 Å². The number of ketones is 4. The number of allylic oxidation sites excluding steroid dienone is 4. The summed E-state index contributed by atoms with van der Waals surface area (Å²) in [5.74, 6) is 1.96. The van der Waals surface area contributed by atoms with E-state index in [2.05, 4.69) is 206 Å². The topological polar surface area (TPSA) is 127 Å². The number of aryl methyl sites for hydroxylation is 1. The lowest BCUT2D eigenvalue weighted by Crippen LogP contribution is -2.49. The highest BCUT2D eigenvalue weighted by atomic mass is 79.9. The van der Waals surface area contributed by atoms with Crippen LogP contribution in [0, 0.1) is 35.0 Å². The van der Waals surface area contributed by atoms with Crippen molar-refractivity contribution in [3.8, 4) is 0 Å². The maximum atomic E-state index is 12.8. The molecule has 9 rings (SSSR count). The average Bonchev–Trinajstić information content (AvgIpc) is 1.65. The fourth-order valence-corrected chi connectivity index (χ4v) is 19.3. The van der Waals surface area contributed by atoms with E-state index in [0.29, 0.717) is 67.9 Å². The van der Waals surface area contributed by atoms with E-state index >= 15 is 0 Å². The Morgan fingerprint density at radius 2 is 1.01 bits per heavy atom. The fraction of sp³-hybridized carbons (Fsp3) is 0.810. The number of rotatable bonds is 13. The lowest BCUT2D eigenvalue weighted by atomic mass is 9.59. The molecule has 0 unspecified atom stereocenters. The molecule has 530 valence electrons. The molecule has 4 saturated carbocycles. The SMILES string of the molecule is CC(=O)CCC1=C2CC[C@H](O[Si](C)(C)C(C)(C)C)[C@@]2(C)CCC1=O.CC(C)(C)[Si](C)(C)O[C@H]1CC[C@H]2[C@@H]3CCC(=O)C=C3CC[C@]12C.CC1(CCC2=C3CC[C@H](O[Si](C)(C)C(C)(C)C)[C@@]3(C)CCC2=O)OCCO1.CCCBr.Cc1cc(C(C)(C)C)nc(C(C)(C)C)c1. The number of alkyl halides is 1. The summed E-state index contributed by atoms with van der Waals surface area (Å²) in [5.41, 5.74) is 10.4. The van der Waals surface area contributed by atoms with Crippen LogP contribution in [0.5, 0.6) is 0 Å². The number of carbonyl (C=O) groups is 4. The molecule has 14 heteroatoms. The summed E-state index contributed by atoms with van der Waals surface area (Å²) in [4.78, 5) is 53.1. The van der Waals surface area contributed by atoms with E-state index in [9.17, 15) is 19.2 Å². The Kier molecular flexibility index (Phi) is 27.1. The molecule has 1 aromatic heterocycles. The Balaban J connectivity index is 0.000000224. The summed E-state index contributed by atoms with van der Waals surface area (Å²) in [6.45, 7) is 64.3. The van der Waals surface area contributed by atoms with Gasteiger partial charge in [0.15, 0.2) is 48.1 Å². The zero-order valence-electron chi connectivity index (χ0n) is 64.7. The van der Waals surface area contributed by atoms with Gasteiger partial charge in [-0.25, -0.2) is 0 Å². The van der Waals surface area contributed by atoms with Crippen molar-refractivity contribution in [1.29, 1.82) is 0 Å². The van der Waals surface area contributed by atoms with Crippen molar-refractivity contribution in [3.63, 3.8) is 0 Å². The van der Waals surface area contributed by atoms with Crippen LogP contribution in [0.25, 0.3) is 0 Å². The molecule has 0 bridgehead atoms. The van der Waals surface area contributed by atoms with Gasteiger partial charge in [-0.2, -0.15) is 0 Å². The van der Waals surface area contributed by atoms with Crippen molar-refractivity contribution >= 4 is 64.0 Å². The molecule has 8 atom stereocenters. The molecule has 0 aromatic carbocycles. The minimum absolute atomic E-state index is 0.0110. The number of ether oxygens (including phenoxy) is 2. The Morgan fingerprint density at radius 1 is 0.591 bits per heavy atom. The molecule has 10 nitrogen and oxygen atoms in total. The normalized spacial score (nSPS) is 28.3. The second-order valence-electron chi connectivity index (χ2n) is 36.9. The van der Waals surface area contributed by atoms with Gasteiger partial charge in [0.2, 0.25) is 0 Å². The number of pyridine rings is 1. The highest BCUT2D eigenvalue weighted by molar-refractivity contribution is 9.09. The molecule has 0 spiro atoms. The predicted molar refractivity (Wildman–Crippen MR) is 399 cm³/mol. The number of nitrogens with zero attached hydrogens (tertiary/aromatic N) is 1. The van der Waals surface area contributed by atoms with Crippen molar-refractivity contribution < 1.29 is 41.9 Å². The highest BCUT2D eigenvalue weighted by Crippen LogP contribution is 2.61. The largest absolute Gasteiger partial charge is 0.413 e. The van der Waals surface area contributed by atoms with Crippen molar-refractivity contribution in [3.05, 3.63) is 63.0 Å². The van der Waals surface area contributed by atoms with Gasteiger partial charge in [-0.3, -0.25) is 19.4 Å². The van der Waals surface area contributed by atoms with E-state index in [1.807, 2.05) is 13.0 Å². The number of hydrogen-bond acceptors (Lipinski definition) is 10. The van der Waals surface area contributed by atoms with Crippen LogP contribution in [0.15, 0.2) is 46.1 Å². The van der Waals surface area contributed by atoms with E-state index in [4.69, 9.17) is 27.7 Å². The number of Topliss-reactive ketones (excluding diaryl/α,β-unsaturated/α-hetero) is 3. The van der Waals surface area contributed by atoms with Crippen LogP contribution < -0.4 is 0 Å². The van der Waals surface area contributed by atoms with E-state index in [-0.39, 0.29) is 60.5 Å². The number of halogens is 1. The number of aromatic nitrogens is 1. The molecule has 93 heavy (non-hydrogen) atoms. The Labute approximate surface area is 580 Å². The second-order valence-corrected chi connectivity index (χ2v) is 52.0. The molecular weight excluding hydrogens is 1270 g/mol. The smallest absolute Gasteiger partial charge is 0.192 e. The minimum Gasteiger partial charge on any atom is -0.413 e. The Morgan fingerprint density at radius 3 is 1.41 bits per heavy atom. The molecule has 0 radical (unpaired) electrons. The quantitative estimate of drug-likeness (QED) is 0.139.